The van der Waals surface area contributed by atoms with Crippen LogP contribution in [-0.4, -0.2) is 184 Å². The zero-order valence-electron chi connectivity index (χ0n) is 53.4. The Kier molecular flexibility index (Phi) is 21.7. The van der Waals surface area contributed by atoms with E-state index < -0.39 is 237 Å². The van der Waals surface area contributed by atoms with Crippen molar-refractivity contribution in [2.75, 3.05) is 6.61 Å². The summed E-state index contributed by atoms with van der Waals surface area (Å²) in [4.78, 5) is 116. The Balaban J connectivity index is 1.24. The number of fused-ring (bicyclic) bond motifs is 15. The molecule has 7 aliphatic rings. The number of carbonyl (C=O) groups is 8. The van der Waals surface area contributed by atoms with Gasteiger partial charge in [0.05, 0.1) is 41.3 Å². The van der Waals surface area contributed by atoms with E-state index in [9.17, 15) is 75.0 Å². The first-order valence-corrected chi connectivity index (χ1v) is 31.9. The van der Waals surface area contributed by atoms with Gasteiger partial charge in [-0.3, -0.25) is 33.6 Å². The Hall–Kier alpha value is -9.20. The molecule has 5 aromatic carbocycles. The molecule has 35 heteroatoms. The summed E-state index contributed by atoms with van der Waals surface area (Å²) in [5.74, 6) is -16.3. The first kappa shape index (κ1) is 73.5. The maximum Gasteiger partial charge on any atom is 0.330 e. The van der Waals surface area contributed by atoms with Gasteiger partial charge in [-0.05, 0) is 103 Å². The summed E-state index contributed by atoms with van der Waals surface area (Å²) in [6.45, 7) is 5.53. The number of carboxylic acids is 1. The molecule has 0 spiro atoms. The van der Waals surface area contributed by atoms with Crippen LogP contribution in [0.1, 0.15) is 105 Å². The molecule has 2 fully saturated rings. The topological polar surface area (TPSA) is 544 Å². The number of amides is 7. The molecule has 0 saturated carbocycles. The van der Waals surface area contributed by atoms with E-state index in [4.69, 9.17) is 68.8 Å². The van der Waals surface area contributed by atoms with Crippen molar-refractivity contribution in [1.29, 1.82) is 0 Å². The van der Waals surface area contributed by atoms with Gasteiger partial charge in [-0.15, -0.1) is 0 Å². The van der Waals surface area contributed by atoms with Gasteiger partial charge in [-0.2, -0.15) is 0 Å². The number of phenols is 3. The molecular formula is C65H73Cl2N9O24. The number of carbonyl (C=O) groups excluding carboxylic acids is 7. The molecule has 11 bridgehead atoms. The van der Waals surface area contributed by atoms with E-state index in [1.54, 1.807) is 13.8 Å². The van der Waals surface area contributed by atoms with Gasteiger partial charge >= 0.3 is 5.97 Å². The fraction of sp³-hybridized carbons (Fsp3) is 0.415. The van der Waals surface area contributed by atoms with Crippen molar-refractivity contribution < 1.29 is 118 Å². The third-order valence-electron chi connectivity index (χ3n) is 17.5. The molecule has 7 amide bonds. The van der Waals surface area contributed by atoms with Crippen LogP contribution in [0.4, 0.5) is 0 Å². The van der Waals surface area contributed by atoms with E-state index in [0.29, 0.717) is 0 Å². The lowest BCUT2D eigenvalue weighted by molar-refractivity contribution is -0.333. The highest BCUT2D eigenvalue weighted by Crippen LogP contribution is 2.50. The fourth-order valence-corrected chi connectivity index (χ4v) is 12.7. The minimum absolute atomic E-state index is 0.0742. The first-order valence-electron chi connectivity index (χ1n) is 31.2. The van der Waals surface area contributed by atoms with Crippen LogP contribution in [0.5, 0.6) is 46.0 Å². The average molecular weight is 1440 g/mol. The number of rotatable bonds is 12. The van der Waals surface area contributed by atoms with Gasteiger partial charge in [0.25, 0.3) is 0 Å². The fourth-order valence-electron chi connectivity index (χ4n) is 12.3. The Bertz CT molecular complexity index is 4060. The summed E-state index contributed by atoms with van der Waals surface area (Å²) in [6.07, 6.45) is -18.8. The summed E-state index contributed by atoms with van der Waals surface area (Å²) in [7, 11) is 0. The second-order valence-electron chi connectivity index (χ2n) is 25.5. The Morgan fingerprint density at radius 2 is 1.31 bits per heavy atom. The summed E-state index contributed by atoms with van der Waals surface area (Å²) < 4.78 is 38.2. The van der Waals surface area contributed by atoms with Crippen LogP contribution in [0, 0.1) is 5.92 Å². The quantitative estimate of drug-likeness (QED) is 0.0772. The van der Waals surface area contributed by atoms with E-state index in [1.807, 2.05) is 0 Å². The molecule has 7 aliphatic heterocycles. The zero-order valence-corrected chi connectivity index (χ0v) is 54.9. The van der Waals surface area contributed by atoms with Gasteiger partial charge in [-0.1, -0.05) is 55.2 Å². The molecule has 0 unspecified atom stereocenters. The van der Waals surface area contributed by atoms with Crippen molar-refractivity contribution in [2.45, 2.75) is 156 Å². The Labute approximate surface area is 577 Å². The molecule has 536 valence electrons. The summed E-state index contributed by atoms with van der Waals surface area (Å²) in [5, 5.41) is 127. The Morgan fingerprint density at radius 1 is 0.710 bits per heavy atom. The molecule has 2 saturated heterocycles. The maximum atomic E-state index is 16.0. The van der Waals surface area contributed by atoms with Crippen molar-refractivity contribution in [1.82, 2.24) is 31.9 Å². The highest BCUT2D eigenvalue weighted by Gasteiger charge is 2.51. The van der Waals surface area contributed by atoms with Crippen LogP contribution in [-0.2, 0) is 52.6 Å². The minimum atomic E-state index is -2.35. The van der Waals surface area contributed by atoms with E-state index in [2.05, 4.69) is 31.9 Å². The number of aliphatic carboxylic acids is 1. The van der Waals surface area contributed by atoms with Crippen molar-refractivity contribution >= 4 is 70.5 Å². The zero-order chi connectivity index (χ0) is 72.8. The number of primary amides is 1. The van der Waals surface area contributed by atoms with E-state index in [1.165, 1.54) is 26.0 Å². The molecule has 0 radical (unpaired) electrons. The maximum absolute atomic E-state index is 16.0. The molecule has 18 atom stereocenters. The smallest absolute Gasteiger partial charge is 0.330 e. The lowest BCUT2D eigenvalue weighted by atomic mass is 9.86. The highest BCUT2D eigenvalue weighted by atomic mass is 35.5. The van der Waals surface area contributed by atoms with Crippen LogP contribution in [0.2, 0.25) is 10.0 Å². The number of nitrogens with two attached hydrogens (primary N) is 3. The number of ether oxygens (including phenoxy) is 6. The largest absolute Gasteiger partial charge is 0.508 e. The van der Waals surface area contributed by atoms with E-state index in [-0.39, 0.29) is 46.2 Å². The minimum Gasteiger partial charge on any atom is -0.508 e. The van der Waals surface area contributed by atoms with Crippen molar-refractivity contribution in [3.63, 3.8) is 0 Å². The number of halogens is 2. The van der Waals surface area contributed by atoms with Crippen LogP contribution in [0.3, 0.4) is 0 Å². The lowest BCUT2D eigenvalue weighted by Gasteiger charge is -2.47. The average Bonchev–Trinajstić information content (AvgIpc) is 0.768. The molecular weight excluding hydrogens is 1360 g/mol. The number of nitrogens with one attached hydrogen (secondary N) is 6. The first-order chi connectivity index (χ1) is 47.1. The molecule has 7 heterocycles. The number of aromatic hydroxyl groups is 3. The monoisotopic (exact) mass is 1430 g/mol. The predicted molar refractivity (Wildman–Crippen MR) is 344 cm³/mol. The molecule has 33 nitrogen and oxygen atoms in total. The highest BCUT2D eigenvalue weighted by molar-refractivity contribution is 6.32. The summed E-state index contributed by atoms with van der Waals surface area (Å²) in [5.41, 5.74) is 14.1. The number of phenolic OH excluding ortho intramolecular Hbond substituents is 3. The van der Waals surface area contributed by atoms with Gasteiger partial charge < -0.3 is 129 Å². The number of carboxylic acid groups (broad SMARTS) is 1. The third-order valence-corrected chi connectivity index (χ3v) is 18.1. The second kappa shape index (κ2) is 29.6. The van der Waals surface area contributed by atoms with Crippen molar-refractivity contribution in [3.8, 4) is 57.1 Å². The van der Waals surface area contributed by atoms with Crippen molar-refractivity contribution in [2.24, 2.45) is 23.1 Å². The van der Waals surface area contributed by atoms with Gasteiger partial charge in [-0.25, -0.2) is 4.79 Å². The third kappa shape index (κ3) is 15.4. The summed E-state index contributed by atoms with van der Waals surface area (Å²) >= 11 is 14.1. The SMILES string of the molecule is CC(C)C[C@@H](N)C(=O)N[C@H]1C(=O)N[C@@H](CC(N)=O)C(=O)N[C@H]2C(=O)N[C@H]3C(=O)N[C@H](C(=O)N[C@H](C(=O)O)c4cc(O)cc(O)c4-c4cc3ccc4O)[C@H](O)c3ccc(c(Cl)c3)Oc3cc2cc(c3O[C@@H]2O[C@H](CO)[C@@H](O)[C@H](O)[C@H]2O[C@@H]2C[C@](C)(N)[C@H](O)[C@H](C)O2)Oc2ccc(cc2Cl)[C@H]1O. The van der Waals surface area contributed by atoms with Crippen LogP contribution < -0.4 is 63.3 Å². The van der Waals surface area contributed by atoms with Crippen LogP contribution in [0.15, 0.2) is 78.9 Å². The van der Waals surface area contributed by atoms with E-state index >= 15 is 14.4 Å². The molecule has 100 heavy (non-hydrogen) atoms. The van der Waals surface area contributed by atoms with Crippen LogP contribution in [0.25, 0.3) is 11.1 Å². The number of hydrogen-bond donors (Lipinski definition) is 19. The van der Waals surface area contributed by atoms with Crippen LogP contribution >= 0.6 is 23.2 Å². The molecule has 22 N–H and O–H groups in total. The molecule has 5 aromatic rings. The number of hydrogen-bond acceptors (Lipinski definition) is 25. The molecule has 12 rings (SSSR count). The summed E-state index contributed by atoms with van der Waals surface area (Å²) in [6, 6.07) is -1.18. The lowest BCUT2D eigenvalue weighted by Crippen LogP contribution is -2.64. The van der Waals surface area contributed by atoms with E-state index in [0.717, 1.165) is 66.7 Å². The standard InChI is InChI=1S/C65H73Cl2N9O24/c1-22(2)11-33(68)57(87)75-48-50(82)25-6-9-37(31(66)13-25)96-39-15-27-16-40(54(39)100-64-55(53(85)52(84)41(21-77)98-64)99-43-20-65(4,70)56(86)23(3)95-43)97-38-10-7-26(14-32(38)67)51(83)49-62(92)74-47(63(93)94)30-17-28(78)18-36(80)44(30)29-12-24(5-8-35(29)79)45(59(89)76-49)73-60(90)46(27)72-58(88)34(19-42(69)81)71-61(48)91/h5-10,12-18,22-23,33-34,41,43,45-53,55-56,64,77-80,82-86H,11,19-21,68,70H2,1-4H3,(H2,69,81)(H,71,91)(H,72,88)(H,73,90)(H,74,92)(H,75,87)(H,76,89)(H,93,94)/t23-,33+,34-,41+,43+,45+,46+,47-,48+,49-,50+,51+,52+,53-,55+,56+,64-,65-/m0/s1. The number of aliphatic hydroxyl groups excluding tert-OH is 6. The predicted octanol–water partition coefficient (Wildman–Crippen LogP) is -0.154. The second-order valence-corrected chi connectivity index (χ2v) is 26.3. The van der Waals surface area contributed by atoms with Gasteiger partial charge in [0, 0.05) is 34.7 Å². The van der Waals surface area contributed by atoms with Crippen molar-refractivity contribution in [3.05, 3.63) is 117 Å². The number of aliphatic hydroxyl groups is 6. The Morgan fingerprint density at radius 3 is 1.90 bits per heavy atom. The van der Waals surface area contributed by atoms with Gasteiger partial charge in [0.15, 0.2) is 29.9 Å². The number of benzene rings is 5. The normalized spacial score (nSPS) is 29.6. The van der Waals surface area contributed by atoms with Gasteiger partial charge in [0.1, 0.15) is 89.5 Å². The molecule has 0 aromatic heterocycles. The van der Waals surface area contributed by atoms with Gasteiger partial charge in [0.2, 0.25) is 53.4 Å². The molecule has 0 aliphatic carbocycles.